The fourth-order valence-electron chi connectivity index (χ4n) is 3.68. The monoisotopic (exact) mass is 405 g/mol. The largest absolute Gasteiger partial charge is 0.352 e. The molecule has 0 spiro atoms. The Morgan fingerprint density at radius 1 is 0.933 bits per heavy atom. The van der Waals surface area contributed by atoms with Gasteiger partial charge in [-0.25, -0.2) is 9.48 Å². The molecule has 3 aromatic rings. The lowest BCUT2D eigenvalue weighted by atomic mass is 10.1. The van der Waals surface area contributed by atoms with Gasteiger partial charge in [0.2, 0.25) is 0 Å². The minimum absolute atomic E-state index is 0.0608. The highest BCUT2D eigenvalue weighted by Crippen LogP contribution is 2.20. The van der Waals surface area contributed by atoms with Gasteiger partial charge < -0.3 is 15.1 Å². The summed E-state index contributed by atoms with van der Waals surface area (Å²) in [6.45, 7) is 10.7. The van der Waals surface area contributed by atoms with E-state index in [4.69, 9.17) is 0 Å². The lowest BCUT2D eigenvalue weighted by Gasteiger charge is -2.35. The summed E-state index contributed by atoms with van der Waals surface area (Å²) in [5, 5.41) is 16.2. The van der Waals surface area contributed by atoms with Crippen LogP contribution in [0.2, 0.25) is 0 Å². The van der Waals surface area contributed by atoms with Crippen molar-refractivity contribution in [2.75, 3.05) is 36.4 Å². The van der Waals surface area contributed by atoms with Gasteiger partial charge >= 0.3 is 6.03 Å². The van der Waals surface area contributed by atoms with Crippen molar-refractivity contribution < 1.29 is 4.79 Å². The molecule has 2 amide bonds. The number of rotatable bonds is 3. The van der Waals surface area contributed by atoms with E-state index in [1.54, 1.807) is 4.68 Å². The summed E-state index contributed by atoms with van der Waals surface area (Å²) in [6.07, 6.45) is 0. The number of amides is 2. The number of carbonyl (C=O) groups is 1. The first-order valence-corrected chi connectivity index (χ1v) is 10.2. The van der Waals surface area contributed by atoms with E-state index >= 15 is 0 Å². The molecule has 3 heterocycles. The highest BCUT2D eigenvalue weighted by molar-refractivity contribution is 5.90. The van der Waals surface area contributed by atoms with E-state index in [0.29, 0.717) is 32.0 Å². The molecular formula is C22H27N7O. The Kier molecular flexibility index (Phi) is 5.39. The highest BCUT2D eigenvalue weighted by Gasteiger charge is 2.22. The first kappa shape index (κ1) is 19.9. The van der Waals surface area contributed by atoms with Gasteiger partial charge in [-0.3, -0.25) is 0 Å². The molecule has 4 rings (SSSR count). The molecule has 0 atom stereocenters. The Hall–Kier alpha value is -3.42. The second kappa shape index (κ2) is 8.14. The molecule has 30 heavy (non-hydrogen) atoms. The standard InChI is InChI=1S/C22H27N7O/c1-15-6-5-7-19(18(15)4)23-22(30)28-12-10-27(11-13-28)20-8-9-21(25-24-20)29-17(3)14-16(2)26-29/h5-9,14H,10-13H2,1-4H3,(H,23,30). The van der Waals surface area contributed by atoms with Crippen molar-refractivity contribution in [1.29, 1.82) is 0 Å². The minimum Gasteiger partial charge on any atom is -0.352 e. The lowest BCUT2D eigenvalue weighted by molar-refractivity contribution is 0.208. The Bertz CT molecular complexity index is 1050. The topological polar surface area (TPSA) is 79.2 Å². The molecule has 1 N–H and O–H groups in total. The van der Waals surface area contributed by atoms with E-state index in [-0.39, 0.29) is 6.03 Å². The first-order valence-electron chi connectivity index (χ1n) is 10.2. The molecule has 1 fully saturated rings. The third-order valence-corrected chi connectivity index (χ3v) is 5.60. The maximum atomic E-state index is 12.7. The molecule has 156 valence electrons. The van der Waals surface area contributed by atoms with Crippen molar-refractivity contribution in [2.45, 2.75) is 27.7 Å². The van der Waals surface area contributed by atoms with Gasteiger partial charge in [0.05, 0.1) is 5.69 Å². The van der Waals surface area contributed by atoms with Crippen LogP contribution in [0.25, 0.3) is 5.82 Å². The zero-order valence-electron chi connectivity index (χ0n) is 17.9. The smallest absolute Gasteiger partial charge is 0.321 e. The van der Waals surface area contributed by atoms with Gasteiger partial charge in [0.15, 0.2) is 11.6 Å². The van der Waals surface area contributed by atoms with Gasteiger partial charge in [-0.2, -0.15) is 5.10 Å². The normalized spacial score (nSPS) is 14.1. The van der Waals surface area contributed by atoms with Crippen molar-refractivity contribution >= 4 is 17.5 Å². The average Bonchev–Trinajstić information content (AvgIpc) is 3.09. The summed E-state index contributed by atoms with van der Waals surface area (Å²) in [7, 11) is 0. The SMILES string of the molecule is Cc1cc(C)n(-c2ccc(N3CCN(C(=O)Nc4cccc(C)c4C)CC3)nn2)n1. The number of carbonyl (C=O) groups excluding carboxylic acids is 1. The van der Waals surface area contributed by atoms with Gasteiger partial charge in [-0.05, 0) is 63.1 Å². The number of benzene rings is 1. The third-order valence-electron chi connectivity index (χ3n) is 5.60. The van der Waals surface area contributed by atoms with Crippen LogP contribution >= 0.6 is 0 Å². The molecule has 8 nitrogen and oxygen atoms in total. The van der Waals surface area contributed by atoms with Crippen LogP contribution in [0, 0.1) is 27.7 Å². The average molecular weight is 406 g/mol. The van der Waals surface area contributed by atoms with Gasteiger partial charge in [0, 0.05) is 37.6 Å². The summed E-state index contributed by atoms with van der Waals surface area (Å²) in [5.41, 5.74) is 5.11. The Labute approximate surface area is 176 Å². The van der Waals surface area contributed by atoms with Crippen LogP contribution in [0.3, 0.4) is 0 Å². The second-order valence-corrected chi connectivity index (χ2v) is 7.74. The quantitative estimate of drug-likeness (QED) is 0.724. The van der Waals surface area contributed by atoms with Crippen LogP contribution in [0.15, 0.2) is 36.4 Å². The fraction of sp³-hybridized carbons (Fsp3) is 0.364. The molecule has 1 aliphatic heterocycles. The maximum absolute atomic E-state index is 12.7. The summed E-state index contributed by atoms with van der Waals surface area (Å²) >= 11 is 0. The Morgan fingerprint density at radius 3 is 2.27 bits per heavy atom. The Balaban J connectivity index is 1.36. The van der Waals surface area contributed by atoms with E-state index in [1.807, 2.05) is 69.0 Å². The molecule has 1 aromatic carbocycles. The van der Waals surface area contributed by atoms with Crippen molar-refractivity contribution in [1.82, 2.24) is 24.9 Å². The summed E-state index contributed by atoms with van der Waals surface area (Å²) < 4.78 is 1.79. The molecule has 0 bridgehead atoms. The molecule has 0 saturated carbocycles. The number of aromatic nitrogens is 4. The minimum atomic E-state index is -0.0608. The third kappa shape index (κ3) is 3.98. The van der Waals surface area contributed by atoms with Gasteiger partial charge in [0.1, 0.15) is 0 Å². The zero-order chi connectivity index (χ0) is 21.3. The Morgan fingerprint density at radius 2 is 1.63 bits per heavy atom. The first-order chi connectivity index (χ1) is 14.4. The number of hydrogen-bond acceptors (Lipinski definition) is 5. The zero-order valence-corrected chi connectivity index (χ0v) is 17.9. The van der Waals surface area contributed by atoms with Gasteiger partial charge in [-0.1, -0.05) is 12.1 Å². The molecule has 1 saturated heterocycles. The number of piperazine rings is 1. The van der Waals surface area contributed by atoms with Crippen LogP contribution < -0.4 is 10.2 Å². The van der Waals surface area contributed by atoms with E-state index in [1.165, 1.54) is 5.56 Å². The van der Waals surface area contributed by atoms with Crippen LogP contribution in [0.5, 0.6) is 0 Å². The van der Waals surface area contributed by atoms with Gasteiger partial charge in [0.25, 0.3) is 0 Å². The number of urea groups is 1. The van der Waals surface area contributed by atoms with Crippen LogP contribution in [-0.4, -0.2) is 57.1 Å². The number of nitrogens with zero attached hydrogens (tertiary/aromatic N) is 6. The van der Waals surface area contributed by atoms with Crippen molar-refractivity contribution in [3.05, 3.63) is 58.9 Å². The number of anilines is 2. The van der Waals surface area contributed by atoms with Crippen LogP contribution in [0.4, 0.5) is 16.3 Å². The fourth-order valence-corrected chi connectivity index (χ4v) is 3.68. The molecule has 8 heteroatoms. The number of nitrogens with one attached hydrogen (secondary N) is 1. The molecule has 0 radical (unpaired) electrons. The maximum Gasteiger partial charge on any atom is 0.321 e. The predicted molar refractivity (Wildman–Crippen MR) is 117 cm³/mol. The summed E-state index contributed by atoms with van der Waals surface area (Å²) in [6, 6.07) is 11.8. The summed E-state index contributed by atoms with van der Waals surface area (Å²) in [5.74, 6) is 1.52. The van der Waals surface area contributed by atoms with E-state index < -0.39 is 0 Å². The molecule has 2 aromatic heterocycles. The molecule has 0 unspecified atom stereocenters. The lowest BCUT2D eigenvalue weighted by Crippen LogP contribution is -2.50. The van der Waals surface area contributed by atoms with E-state index in [0.717, 1.165) is 28.5 Å². The molecule has 1 aliphatic rings. The van der Waals surface area contributed by atoms with E-state index in [2.05, 4.69) is 25.5 Å². The van der Waals surface area contributed by atoms with Crippen LogP contribution in [0.1, 0.15) is 22.5 Å². The predicted octanol–water partition coefficient (Wildman–Crippen LogP) is 3.25. The molecule has 0 aliphatic carbocycles. The van der Waals surface area contributed by atoms with Crippen molar-refractivity contribution in [3.8, 4) is 5.82 Å². The number of aryl methyl sites for hydroxylation is 3. The number of hydrogen-bond donors (Lipinski definition) is 1. The van der Waals surface area contributed by atoms with Crippen LogP contribution in [-0.2, 0) is 0 Å². The highest BCUT2D eigenvalue weighted by atomic mass is 16.2. The van der Waals surface area contributed by atoms with Gasteiger partial charge in [-0.15, -0.1) is 10.2 Å². The van der Waals surface area contributed by atoms with E-state index in [9.17, 15) is 4.79 Å². The van der Waals surface area contributed by atoms with Crippen molar-refractivity contribution in [3.63, 3.8) is 0 Å². The second-order valence-electron chi connectivity index (χ2n) is 7.74. The van der Waals surface area contributed by atoms with Crippen molar-refractivity contribution in [2.24, 2.45) is 0 Å². The summed E-state index contributed by atoms with van der Waals surface area (Å²) in [4.78, 5) is 16.7. The molecular weight excluding hydrogens is 378 g/mol.